The van der Waals surface area contributed by atoms with E-state index in [1.54, 1.807) is 13.2 Å². The van der Waals surface area contributed by atoms with E-state index in [1.165, 1.54) is 0 Å². The standard InChI is InChI=1S/C24H27NO4/c1-18-9-6-7-14-25(18)23(26)17-29-24(27)22(20-11-4-3-5-12-20)16-19-10-8-13-21(15-19)28-2/h3-5,8,10-13,15-16,18H,6-7,9,14,17H2,1-2H3/b22-16+. The minimum absolute atomic E-state index is 0.139. The highest BCUT2D eigenvalue weighted by molar-refractivity contribution is 6.21. The van der Waals surface area contributed by atoms with Crippen molar-refractivity contribution < 1.29 is 19.1 Å². The molecule has 1 aliphatic rings. The number of esters is 1. The van der Waals surface area contributed by atoms with Gasteiger partial charge in [-0.25, -0.2) is 4.79 Å². The molecule has 1 atom stereocenters. The Balaban J connectivity index is 1.78. The largest absolute Gasteiger partial charge is 0.497 e. The van der Waals surface area contributed by atoms with E-state index in [1.807, 2.05) is 66.4 Å². The highest BCUT2D eigenvalue weighted by atomic mass is 16.5. The summed E-state index contributed by atoms with van der Waals surface area (Å²) in [6, 6.07) is 16.9. The minimum atomic E-state index is -0.517. The molecule has 1 saturated heterocycles. The topological polar surface area (TPSA) is 55.8 Å². The number of hydrogen-bond donors (Lipinski definition) is 0. The summed E-state index contributed by atoms with van der Waals surface area (Å²) in [5, 5.41) is 0. The van der Waals surface area contributed by atoms with Gasteiger partial charge in [-0.15, -0.1) is 0 Å². The van der Waals surface area contributed by atoms with Crippen LogP contribution in [0, 0.1) is 0 Å². The second-order valence-electron chi connectivity index (χ2n) is 7.21. The van der Waals surface area contributed by atoms with Crippen molar-refractivity contribution in [3.63, 3.8) is 0 Å². The van der Waals surface area contributed by atoms with Crippen LogP contribution in [0.25, 0.3) is 11.6 Å². The zero-order valence-corrected chi connectivity index (χ0v) is 17.0. The van der Waals surface area contributed by atoms with Gasteiger partial charge in [-0.2, -0.15) is 0 Å². The number of carbonyl (C=O) groups is 2. The van der Waals surface area contributed by atoms with Crippen molar-refractivity contribution in [2.75, 3.05) is 20.3 Å². The number of benzene rings is 2. The van der Waals surface area contributed by atoms with Gasteiger partial charge in [0.1, 0.15) is 5.75 Å². The third kappa shape index (κ3) is 5.47. The Hall–Kier alpha value is -3.08. The lowest BCUT2D eigenvalue weighted by Crippen LogP contribution is -2.44. The summed E-state index contributed by atoms with van der Waals surface area (Å²) in [6.07, 6.45) is 4.88. The summed E-state index contributed by atoms with van der Waals surface area (Å²) in [5.41, 5.74) is 1.95. The molecular formula is C24H27NO4. The molecule has 5 heteroatoms. The Labute approximate surface area is 171 Å². The van der Waals surface area contributed by atoms with Crippen LogP contribution in [0.3, 0.4) is 0 Å². The molecule has 3 rings (SSSR count). The molecule has 0 N–H and O–H groups in total. The van der Waals surface area contributed by atoms with Crippen LogP contribution < -0.4 is 4.74 Å². The molecular weight excluding hydrogens is 366 g/mol. The van der Waals surface area contributed by atoms with E-state index in [4.69, 9.17) is 9.47 Å². The van der Waals surface area contributed by atoms with Crippen molar-refractivity contribution in [1.82, 2.24) is 4.90 Å². The van der Waals surface area contributed by atoms with Gasteiger partial charge in [-0.1, -0.05) is 42.5 Å². The smallest absolute Gasteiger partial charge is 0.339 e. The fourth-order valence-corrected chi connectivity index (χ4v) is 3.53. The average Bonchev–Trinajstić information content (AvgIpc) is 2.76. The number of ether oxygens (including phenoxy) is 2. The second kappa shape index (κ2) is 9.92. The van der Waals surface area contributed by atoms with E-state index in [9.17, 15) is 9.59 Å². The normalized spacial score (nSPS) is 17.0. The van der Waals surface area contributed by atoms with Gasteiger partial charge >= 0.3 is 5.97 Å². The molecule has 1 unspecified atom stereocenters. The molecule has 29 heavy (non-hydrogen) atoms. The van der Waals surface area contributed by atoms with E-state index in [0.29, 0.717) is 11.3 Å². The second-order valence-corrected chi connectivity index (χ2v) is 7.21. The predicted octanol–water partition coefficient (Wildman–Crippen LogP) is 4.18. The predicted molar refractivity (Wildman–Crippen MR) is 113 cm³/mol. The molecule has 1 fully saturated rings. The number of nitrogens with zero attached hydrogens (tertiary/aromatic N) is 1. The van der Waals surface area contributed by atoms with Crippen molar-refractivity contribution in [3.05, 3.63) is 65.7 Å². The molecule has 0 aliphatic carbocycles. The fraction of sp³-hybridized carbons (Fsp3) is 0.333. The van der Waals surface area contributed by atoms with Crippen LogP contribution in [-0.2, 0) is 14.3 Å². The van der Waals surface area contributed by atoms with Gasteiger partial charge < -0.3 is 14.4 Å². The lowest BCUT2D eigenvalue weighted by molar-refractivity contribution is -0.149. The van der Waals surface area contributed by atoms with E-state index >= 15 is 0 Å². The van der Waals surface area contributed by atoms with Crippen molar-refractivity contribution >= 4 is 23.5 Å². The van der Waals surface area contributed by atoms with Crippen molar-refractivity contribution in [2.24, 2.45) is 0 Å². The molecule has 1 heterocycles. The summed E-state index contributed by atoms with van der Waals surface area (Å²) in [4.78, 5) is 27.2. The molecule has 2 aromatic carbocycles. The summed E-state index contributed by atoms with van der Waals surface area (Å²) in [6.45, 7) is 2.52. The van der Waals surface area contributed by atoms with E-state index in [2.05, 4.69) is 0 Å². The molecule has 0 aromatic heterocycles. The Morgan fingerprint density at radius 3 is 2.62 bits per heavy atom. The Morgan fingerprint density at radius 2 is 1.90 bits per heavy atom. The maximum atomic E-state index is 12.9. The van der Waals surface area contributed by atoms with Crippen LogP contribution in [0.2, 0.25) is 0 Å². The van der Waals surface area contributed by atoms with Crippen LogP contribution in [0.15, 0.2) is 54.6 Å². The molecule has 0 saturated carbocycles. The van der Waals surface area contributed by atoms with Crippen molar-refractivity contribution in [3.8, 4) is 5.75 Å². The number of amides is 1. The minimum Gasteiger partial charge on any atom is -0.497 e. The lowest BCUT2D eigenvalue weighted by atomic mass is 10.0. The summed E-state index contributed by atoms with van der Waals surface area (Å²) in [7, 11) is 1.60. The Bertz CT molecular complexity index is 875. The van der Waals surface area contributed by atoms with Gasteiger partial charge in [0.2, 0.25) is 0 Å². The highest BCUT2D eigenvalue weighted by Gasteiger charge is 2.24. The first-order valence-corrected chi connectivity index (χ1v) is 9.96. The SMILES string of the molecule is COc1cccc(/C=C(/C(=O)OCC(=O)N2CCCCC2C)c2ccccc2)c1. The number of carbonyl (C=O) groups excluding carboxylic acids is 2. The molecule has 0 bridgehead atoms. The highest BCUT2D eigenvalue weighted by Crippen LogP contribution is 2.23. The van der Waals surface area contributed by atoms with E-state index in [0.717, 1.165) is 36.9 Å². The lowest BCUT2D eigenvalue weighted by Gasteiger charge is -2.33. The zero-order valence-electron chi connectivity index (χ0n) is 17.0. The van der Waals surface area contributed by atoms with Crippen LogP contribution in [-0.4, -0.2) is 43.1 Å². The van der Waals surface area contributed by atoms with Crippen LogP contribution >= 0.6 is 0 Å². The van der Waals surface area contributed by atoms with Gasteiger partial charge in [-0.3, -0.25) is 4.79 Å². The Kier molecular flexibility index (Phi) is 7.06. The molecule has 5 nitrogen and oxygen atoms in total. The molecule has 1 aliphatic heterocycles. The Morgan fingerprint density at radius 1 is 1.10 bits per heavy atom. The number of piperidine rings is 1. The quantitative estimate of drug-likeness (QED) is 0.420. The van der Waals surface area contributed by atoms with Gasteiger partial charge in [0.05, 0.1) is 12.7 Å². The first-order valence-electron chi connectivity index (χ1n) is 9.96. The van der Waals surface area contributed by atoms with Gasteiger partial charge in [0.25, 0.3) is 5.91 Å². The monoisotopic (exact) mass is 393 g/mol. The van der Waals surface area contributed by atoms with Crippen LogP contribution in [0.5, 0.6) is 5.75 Å². The summed E-state index contributed by atoms with van der Waals surface area (Å²) >= 11 is 0. The number of likely N-dealkylation sites (tertiary alicyclic amines) is 1. The molecule has 0 spiro atoms. The molecule has 0 radical (unpaired) electrons. The maximum absolute atomic E-state index is 12.9. The molecule has 2 aromatic rings. The number of rotatable bonds is 6. The van der Waals surface area contributed by atoms with Crippen LogP contribution in [0.4, 0.5) is 0 Å². The number of methoxy groups -OCH3 is 1. The third-order valence-corrected chi connectivity index (χ3v) is 5.16. The average molecular weight is 393 g/mol. The van der Waals surface area contributed by atoms with Crippen molar-refractivity contribution in [1.29, 1.82) is 0 Å². The van der Waals surface area contributed by atoms with Crippen LogP contribution in [0.1, 0.15) is 37.3 Å². The third-order valence-electron chi connectivity index (χ3n) is 5.16. The van der Waals surface area contributed by atoms with Gasteiger partial charge in [-0.05, 0) is 55.5 Å². The zero-order chi connectivity index (χ0) is 20.6. The summed E-state index contributed by atoms with van der Waals surface area (Å²) < 4.78 is 10.7. The molecule has 1 amide bonds. The van der Waals surface area contributed by atoms with Crippen molar-refractivity contribution in [2.45, 2.75) is 32.2 Å². The molecule has 152 valence electrons. The van der Waals surface area contributed by atoms with E-state index < -0.39 is 5.97 Å². The maximum Gasteiger partial charge on any atom is 0.339 e. The van der Waals surface area contributed by atoms with E-state index in [-0.39, 0.29) is 18.6 Å². The van der Waals surface area contributed by atoms with Gasteiger partial charge in [0.15, 0.2) is 6.61 Å². The fourth-order valence-electron chi connectivity index (χ4n) is 3.53. The number of hydrogen-bond acceptors (Lipinski definition) is 4. The summed E-state index contributed by atoms with van der Waals surface area (Å²) in [5.74, 6) is 0.0465. The first-order chi connectivity index (χ1) is 14.1. The van der Waals surface area contributed by atoms with Gasteiger partial charge in [0, 0.05) is 12.6 Å². The first kappa shape index (κ1) is 20.6.